The standard InChI is InChI=1S/C24H29N3O2S3/c1-5-24(3)12-17-18(13-29-24)32-22-20(17)21(26-23(27-22)30-4)31-14-19(28)25-15(2)11-16-9-7-6-8-10-16/h6-10,15H,5,11-14H2,1-4H3,(H,25,28)/t15-,24+/m0/s1. The number of thioether (sulfide) groups is 2. The predicted octanol–water partition coefficient (Wildman–Crippen LogP) is 5.49. The molecule has 0 spiro atoms. The lowest BCUT2D eigenvalue weighted by molar-refractivity contribution is -0.119. The number of ether oxygens (including phenoxy) is 1. The molecule has 0 aliphatic carbocycles. The van der Waals surface area contributed by atoms with Gasteiger partial charge in [0.25, 0.3) is 0 Å². The average molecular weight is 488 g/mol. The molecule has 2 aromatic heterocycles. The van der Waals surface area contributed by atoms with Crippen LogP contribution in [0.5, 0.6) is 0 Å². The molecule has 0 fully saturated rings. The van der Waals surface area contributed by atoms with E-state index in [-0.39, 0.29) is 17.6 Å². The van der Waals surface area contributed by atoms with Crippen LogP contribution in [0, 0.1) is 0 Å². The van der Waals surface area contributed by atoms with E-state index in [9.17, 15) is 4.79 Å². The van der Waals surface area contributed by atoms with E-state index in [1.807, 2.05) is 31.4 Å². The third-order valence-electron chi connectivity index (χ3n) is 5.85. The molecule has 3 aromatic rings. The van der Waals surface area contributed by atoms with Gasteiger partial charge in [0.2, 0.25) is 5.91 Å². The number of thiophene rings is 1. The van der Waals surface area contributed by atoms with Gasteiger partial charge in [0.1, 0.15) is 9.86 Å². The number of aromatic nitrogens is 2. The summed E-state index contributed by atoms with van der Waals surface area (Å²) in [7, 11) is 0. The van der Waals surface area contributed by atoms with E-state index >= 15 is 0 Å². The number of amides is 1. The van der Waals surface area contributed by atoms with Gasteiger partial charge in [-0.25, -0.2) is 9.97 Å². The van der Waals surface area contributed by atoms with Crippen LogP contribution in [0.25, 0.3) is 10.2 Å². The summed E-state index contributed by atoms with van der Waals surface area (Å²) >= 11 is 4.74. The minimum absolute atomic E-state index is 0.0294. The van der Waals surface area contributed by atoms with Crippen molar-refractivity contribution in [2.24, 2.45) is 0 Å². The number of nitrogens with one attached hydrogen (secondary N) is 1. The summed E-state index contributed by atoms with van der Waals surface area (Å²) in [5.41, 5.74) is 2.36. The summed E-state index contributed by atoms with van der Waals surface area (Å²) < 4.78 is 6.14. The van der Waals surface area contributed by atoms with E-state index in [0.29, 0.717) is 12.4 Å². The fourth-order valence-corrected chi connectivity index (χ4v) is 6.43. The molecule has 0 unspecified atom stereocenters. The fourth-order valence-electron chi connectivity index (χ4n) is 3.91. The Kier molecular flexibility index (Phi) is 7.44. The molecule has 0 radical (unpaired) electrons. The summed E-state index contributed by atoms with van der Waals surface area (Å²) in [6.45, 7) is 7.01. The van der Waals surface area contributed by atoms with Crippen molar-refractivity contribution in [2.75, 3.05) is 12.0 Å². The lowest BCUT2D eigenvalue weighted by atomic mass is 9.90. The molecule has 3 heterocycles. The summed E-state index contributed by atoms with van der Waals surface area (Å²) in [4.78, 5) is 24.5. The largest absolute Gasteiger partial charge is 0.369 e. The second-order valence-corrected chi connectivity index (χ2v) is 11.2. The molecule has 1 aromatic carbocycles. The number of carbonyl (C=O) groups excluding carboxylic acids is 1. The molecule has 1 amide bonds. The first kappa shape index (κ1) is 23.5. The Balaban J connectivity index is 1.51. The van der Waals surface area contributed by atoms with Crippen LogP contribution in [0.4, 0.5) is 0 Å². The maximum atomic E-state index is 12.7. The van der Waals surface area contributed by atoms with Gasteiger partial charge in [-0.3, -0.25) is 4.79 Å². The van der Waals surface area contributed by atoms with Crippen LogP contribution in [-0.2, 0) is 29.0 Å². The maximum absolute atomic E-state index is 12.7. The van der Waals surface area contributed by atoms with Gasteiger partial charge in [-0.2, -0.15) is 0 Å². The van der Waals surface area contributed by atoms with Gasteiger partial charge in [-0.15, -0.1) is 11.3 Å². The summed E-state index contributed by atoms with van der Waals surface area (Å²) in [6.07, 6.45) is 4.62. The molecule has 1 aliphatic rings. The van der Waals surface area contributed by atoms with Crippen LogP contribution < -0.4 is 5.32 Å². The molecule has 2 atom stereocenters. The molecule has 0 saturated carbocycles. The quantitative estimate of drug-likeness (QED) is 0.257. The van der Waals surface area contributed by atoms with Crippen LogP contribution >= 0.6 is 34.9 Å². The average Bonchev–Trinajstić information content (AvgIpc) is 3.15. The monoisotopic (exact) mass is 487 g/mol. The number of rotatable bonds is 8. The number of benzene rings is 1. The normalized spacial score (nSPS) is 19.0. The van der Waals surface area contributed by atoms with Gasteiger partial charge in [0.05, 0.1) is 18.0 Å². The predicted molar refractivity (Wildman–Crippen MR) is 135 cm³/mol. The number of fused-ring (bicyclic) bond motifs is 3. The second-order valence-electron chi connectivity index (χ2n) is 8.42. The first-order chi connectivity index (χ1) is 15.4. The third kappa shape index (κ3) is 5.30. The SMILES string of the molecule is CC[C@]1(C)Cc2c(sc3nc(SC)nc(SCC(=O)N[C@@H](C)Cc4ccccc4)c23)CO1. The molecule has 5 nitrogen and oxygen atoms in total. The molecular weight excluding hydrogens is 458 g/mol. The van der Waals surface area contributed by atoms with Crippen molar-refractivity contribution in [1.29, 1.82) is 0 Å². The van der Waals surface area contributed by atoms with Gasteiger partial charge in [0.15, 0.2) is 5.16 Å². The molecule has 8 heteroatoms. The number of hydrogen-bond donors (Lipinski definition) is 1. The molecule has 170 valence electrons. The highest BCUT2D eigenvalue weighted by atomic mass is 32.2. The summed E-state index contributed by atoms with van der Waals surface area (Å²) in [6, 6.07) is 10.3. The van der Waals surface area contributed by atoms with Crippen molar-refractivity contribution in [2.45, 2.75) is 68.5 Å². The Bertz CT molecular complexity index is 1100. The van der Waals surface area contributed by atoms with Crippen molar-refractivity contribution < 1.29 is 9.53 Å². The van der Waals surface area contributed by atoms with Crippen LogP contribution in [-0.4, -0.2) is 39.5 Å². The Labute approximate surface area is 202 Å². The first-order valence-electron chi connectivity index (χ1n) is 10.9. The van der Waals surface area contributed by atoms with Gasteiger partial charge >= 0.3 is 0 Å². The van der Waals surface area contributed by atoms with Crippen molar-refractivity contribution in [3.05, 3.63) is 46.3 Å². The van der Waals surface area contributed by atoms with Gasteiger partial charge in [-0.05, 0) is 44.1 Å². The summed E-state index contributed by atoms with van der Waals surface area (Å²) in [5, 5.41) is 5.89. The van der Waals surface area contributed by atoms with E-state index < -0.39 is 0 Å². The number of carbonyl (C=O) groups is 1. The maximum Gasteiger partial charge on any atom is 0.230 e. The zero-order chi connectivity index (χ0) is 22.7. The smallest absolute Gasteiger partial charge is 0.230 e. The van der Waals surface area contributed by atoms with E-state index in [0.717, 1.165) is 39.7 Å². The van der Waals surface area contributed by atoms with Crippen molar-refractivity contribution in [3.63, 3.8) is 0 Å². The van der Waals surface area contributed by atoms with Crippen LogP contribution in [0.2, 0.25) is 0 Å². The van der Waals surface area contributed by atoms with Crippen molar-refractivity contribution in [3.8, 4) is 0 Å². The van der Waals surface area contributed by atoms with Crippen molar-refractivity contribution in [1.82, 2.24) is 15.3 Å². The van der Waals surface area contributed by atoms with Crippen LogP contribution in [0.1, 0.15) is 43.2 Å². The Morgan fingerprint density at radius 2 is 2.09 bits per heavy atom. The zero-order valence-electron chi connectivity index (χ0n) is 18.9. The third-order valence-corrected chi connectivity index (χ3v) is 8.47. The van der Waals surface area contributed by atoms with E-state index in [2.05, 4.69) is 31.3 Å². The molecule has 32 heavy (non-hydrogen) atoms. The fraction of sp³-hybridized carbons (Fsp3) is 0.458. The second kappa shape index (κ2) is 10.1. The van der Waals surface area contributed by atoms with Crippen LogP contribution in [0.3, 0.4) is 0 Å². The molecule has 0 saturated heterocycles. The van der Waals surface area contributed by atoms with Gasteiger partial charge in [-0.1, -0.05) is 60.8 Å². The minimum Gasteiger partial charge on any atom is -0.369 e. The van der Waals surface area contributed by atoms with Crippen molar-refractivity contribution >= 4 is 51.0 Å². The Morgan fingerprint density at radius 3 is 2.81 bits per heavy atom. The van der Waals surface area contributed by atoms with Gasteiger partial charge < -0.3 is 10.1 Å². The van der Waals surface area contributed by atoms with E-state index in [1.165, 1.54) is 39.5 Å². The molecular formula is C24H29N3O2S3. The first-order valence-corrected chi connectivity index (χ1v) is 13.9. The lowest BCUT2D eigenvalue weighted by Crippen LogP contribution is -2.35. The summed E-state index contributed by atoms with van der Waals surface area (Å²) in [5.74, 6) is 0.368. The van der Waals surface area contributed by atoms with Crippen LogP contribution in [0.15, 0.2) is 40.5 Å². The zero-order valence-corrected chi connectivity index (χ0v) is 21.4. The highest BCUT2D eigenvalue weighted by Crippen LogP contribution is 2.43. The molecule has 1 aliphatic heterocycles. The Hall–Kier alpha value is -1.61. The molecule has 1 N–H and O–H groups in total. The Morgan fingerprint density at radius 1 is 1.31 bits per heavy atom. The molecule has 4 rings (SSSR count). The van der Waals surface area contributed by atoms with E-state index in [1.54, 1.807) is 11.3 Å². The highest BCUT2D eigenvalue weighted by molar-refractivity contribution is 8.00. The number of hydrogen-bond acceptors (Lipinski definition) is 7. The topological polar surface area (TPSA) is 64.1 Å². The van der Waals surface area contributed by atoms with E-state index in [4.69, 9.17) is 14.7 Å². The lowest BCUT2D eigenvalue weighted by Gasteiger charge is -2.33. The molecule has 0 bridgehead atoms. The number of nitrogens with zero attached hydrogens (tertiary/aromatic N) is 2. The highest BCUT2D eigenvalue weighted by Gasteiger charge is 2.33. The van der Waals surface area contributed by atoms with Gasteiger partial charge in [0, 0.05) is 22.7 Å². The minimum atomic E-state index is -0.161.